The molecule has 1 heterocycles. The summed E-state index contributed by atoms with van der Waals surface area (Å²) in [5.41, 5.74) is 0.625. The van der Waals surface area contributed by atoms with E-state index in [0.29, 0.717) is 22.3 Å². The van der Waals surface area contributed by atoms with Gasteiger partial charge < -0.3 is 14.6 Å². The number of rotatable bonds is 5. The first-order chi connectivity index (χ1) is 9.99. The van der Waals surface area contributed by atoms with E-state index in [1.54, 1.807) is 12.1 Å². The van der Waals surface area contributed by atoms with Gasteiger partial charge in [0.2, 0.25) is 5.89 Å². The number of aromatic nitrogens is 2. The Labute approximate surface area is 133 Å². The van der Waals surface area contributed by atoms with E-state index in [1.807, 2.05) is 6.92 Å². The number of aliphatic carboxylic acids is 1. The third-order valence-corrected chi connectivity index (χ3v) is 3.92. The highest BCUT2D eigenvalue weighted by molar-refractivity contribution is 9.10. The number of hydrogen-bond donors (Lipinski definition) is 2. The fourth-order valence-electron chi connectivity index (χ4n) is 1.42. The van der Waals surface area contributed by atoms with E-state index in [9.17, 15) is 15.0 Å². The SMILES string of the molecule is CCc1nnc(S/C(=C\c2ccc(O)c(Br)c2)C(=O)O)o1. The van der Waals surface area contributed by atoms with Crippen molar-refractivity contribution >= 4 is 39.7 Å². The topological polar surface area (TPSA) is 96.5 Å². The maximum Gasteiger partial charge on any atom is 0.342 e. The molecular weight excluding hydrogens is 360 g/mol. The Balaban J connectivity index is 2.27. The molecule has 0 saturated carbocycles. The van der Waals surface area contributed by atoms with Crippen LogP contribution in [0.3, 0.4) is 0 Å². The van der Waals surface area contributed by atoms with E-state index in [1.165, 1.54) is 12.1 Å². The number of hydrogen-bond acceptors (Lipinski definition) is 6. The van der Waals surface area contributed by atoms with Crippen molar-refractivity contribution < 1.29 is 19.4 Å². The number of phenols is 1. The van der Waals surface area contributed by atoms with E-state index < -0.39 is 5.97 Å². The summed E-state index contributed by atoms with van der Waals surface area (Å²) in [6.45, 7) is 1.86. The number of phenolic OH excluding ortho intramolecular Hbond substituents is 1. The summed E-state index contributed by atoms with van der Waals surface area (Å²) in [4.78, 5) is 11.3. The lowest BCUT2D eigenvalue weighted by Crippen LogP contribution is -1.96. The molecule has 0 atom stereocenters. The minimum Gasteiger partial charge on any atom is -0.507 e. The van der Waals surface area contributed by atoms with Gasteiger partial charge in [-0.15, -0.1) is 10.2 Å². The zero-order valence-electron chi connectivity index (χ0n) is 10.9. The van der Waals surface area contributed by atoms with Gasteiger partial charge in [-0.1, -0.05) is 13.0 Å². The quantitative estimate of drug-likeness (QED) is 0.615. The lowest BCUT2D eigenvalue weighted by molar-refractivity contribution is -0.131. The van der Waals surface area contributed by atoms with E-state index in [-0.39, 0.29) is 15.9 Å². The van der Waals surface area contributed by atoms with Crippen LogP contribution in [0.15, 0.2) is 37.2 Å². The van der Waals surface area contributed by atoms with Crippen molar-refractivity contribution in [3.8, 4) is 5.75 Å². The highest BCUT2D eigenvalue weighted by atomic mass is 79.9. The van der Waals surface area contributed by atoms with Crippen molar-refractivity contribution in [1.82, 2.24) is 10.2 Å². The number of carbonyl (C=O) groups is 1. The lowest BCUT2D eigenvalue weighted by atomic mass is 10.2. The van der Waals surface area contributed by atoms with Crippen molar-refractivity contribution in [2.24, 2.45) is 0 Å². The number of thioether (sulfide) groups is 1. The van der Waals surface area contributed by atoms with Crippen LogP contribution in [0.2, 0.25) is 0 Å². The predicted molar refractivity (Wildman–Crippen MR) is 81.0 cm³/mol. The van der Waals surface area contributed by atoms with Gasteiger partial charge in [0.25, 0.3) is 5.22 Å². The molecule has 21 heavy (non-hydrogen) atoms. The van der Waals surface area contributed by atoms with Gasteiger partial charge in [0, 0.05) is 6.42 Å². The van der Waals surface area contributed by atoms with Gasteiger partial charge in [-0.05, 0) is 51.5 Å². The summed E-state index contributed by atoms with van der Waals surface area (Å²) < 4.78 is 5.76. The van der Waals surface area contributed by atoms with E-state index in [2.05, 4.69) is 26.1 Å². The second-order valence-corrected chi connectivity index (χ2v) is 5.79. The molecule has 110 valence electrons. The van der Waals surface area contributed by atoms with Crippen LogP contribution >= 0.6 is 27.7 Å². The fourth-order valence-corrected chi connectivity index (χ4v) is 2.50. The second-order valence-electron chi connectivity index (χ2n) is 3.94. The van der Waals surface area contributed by atoms with Crippen LogP contribution in [0, 0.1) is 0 Å². The zero-order valence-corrected chi connectivity index (χ0v) is 13.3. The fraction of sp³-hybridized carbons (Fsp3) is 0.154. The van der Waals surface area contributed by atoms with Crippen molar-refractivity contribution in [1.29, 1.82) is 0 Å². The van der Waals surface area contributed by atoms with Gasteiger partial charge in [-0.25, -0.2) is 4.79 Å². The Kier molecular flexibility index (Phi) is 5.03. The number of nitrogens with zero attached hydrogens (tertiary/aromatic N) is 2. The maximum absolute atomic E-state index is 11.3. The lowest BCUT2D eigenvalue weighted by Gasteiger charge is -2.01. The molecule has 2 N–H and O–H groups in total. The van der Waals surface area contributed by atoms with Crippen LogP contribution in [0.1, 0.15) is 18.4 Å². The minimum absolute atomic E-state index is 0.0406. The van der Waals surface area contributed by atoms with Gasteiger partial charge in [-0.2, -0.15) is 0 Å². The summed E-state index contributed by atoms with van der Waals surface area (Å²) in [6, 6.07) is 4.70. The van der Waals surface area contributed by atoms with E-state index >= 15 is 0 Å². The molecule has 0 saturated heterocycles. The molecule has 6 nitrogen and oxygen atoms in total. The van der Waals surface area contributed by atoms with Crippen LogP contribution in [0.25, 0.3) is 6.08 Å². The van der Waals surface area contributed by atoms with Crippen molar-refractivity contribution in [3.05, 3.63) is 39.0 Å². The first-order valence-electron chi connectivity index (χ1n) is 5.93. The summed E-state index contributed by atoms with van der Waals surface area (Å²) in [5, 5.41) is 26.4. The van der Waals surface area contributed by atoms with Gasteiger partial charge >= 0.3 is 5.97 Å². The van der Waals surface area contributed by atoms with Gasteiger partial charge in [-0.3, -0.25) is 0 Å². The molecule has 0 aliphatic heterocycles. The summed E-state index contributed by atoms with van der Waals surface area (Å²) >= 11 is 4.06. The summed E-state index contributed by atoms with van der Waals surface area (Å²) in [7, 11) is 0. The standard InChI is InChI=1S/C13H11BrN2O4S/c1-2-11-15-16-13(20-11)21-10(12(18)19)6-7-3-4-9(17)8(14)5-7/h3-6,17H,2H2,1H3,(H,18,19)/b10-6-. The molecule has 0 aliphatic carbocycles. The largest absolute Gasteiger partial charge is 0.507 e. The van der Waals surface area contributed by atoms with Crippen molar-refractivity contribution in [2.45, 2.75) is 18.6 Å². The third kappa shape index (κ3) is 4.08. The number of halogens is 1. The molecule has 2 rings (SSSR count). The van der Waals surface area contributed by atoms with E-state index in [0.717, 1.165) is 11.8 Å². The number of carboxylic acids is 1. The Morgan fingerprint density at radius 1 is 1.48 bits per heavy atom. The first kappa shape index (κ1) is 15.6. The molecule has 0 aliphatic rings. The second kappa shape index (κ2) is 6.77. The smallest absolute Gasteiger partial charge is 0.342 e. The molecule has 0 spiro atoms. The van der Waals surface area contributed by atoms with Crippen LogP contribution < -0.4 is 0 Å². The zero-order chi connectivity index (χ0) is 15.4. The summed E-state index contributed by atoms with van der Waals surface area (Å²) in [5.74, 6) is -0.559. The van der Waals surface area contributed by atoms with Crippen LogP contribution in [-0.4, -0.2) is 26.4 Å². The molecule has 0 unspecified atom stereocenters. The normalized spacial score (nSPS) is 11.6. The average molecular weight is 371 g/mol. The molecule has 0 fully saturated rings. The number of carboxylic acid groups (broad SMARTS) is 1. The Hall–Kier alpha value is -1.80. The van der Waals surface area contributed by atoms with Gasteiger partial charge in [0.1, 0.15) is 10.7 Å². The highest BCUT2D eigenvalue weighted by Crippen LogP contribution is 2.30. The molecule has 8 heteroatoms. The van der Waals surface area contributed by atoms with Crippen LogP contribution in [0.4, 0.5) is 0 Å². The van der Waals surface area contributed by atoms with Gasteiger partial charge in [0.05, 0.1) is 4.47 Å². The molecule has 2 aromatic rings. The average Bonchev–Trinajstić information content (AvgIpc) is 2.90. The van der Waals surface area contributed by atoms with Crippen molar-refractivity contribution in [3.63, 3.8) is 0 Å². The molecule has 0 bridgehead atoms. The van der Waals surface area contributed by atoms with Crippen LogP contribution in [-0.2, 0) is 11.2 Å². The first-order valence-corrected chi connectivity index (χ1v) is 7.54. The monoisotopic (exact) mass is 370 g/mol. The summed E-state index contributed by atoms with van der Waals surface area (Å²) in [6.07, 6.45) is 2.05. The molecule has 0 amide bonds. The number of benzene rings is 1. The molecule has 1 aromatic heterocycles. The molecule has 1 aromatic carbocycles. The molecular formula is C13H11BrN2O4S. The maximum atomic E-state index is 11.3. The highest BCUT2D eigenvalue weighted by Gasteiger charge is 2.15. The Bertz CT molecular complexity index is 699. The van der Waals surface area contributed by atoms with E-state index in [4.69, 9.17) is 4.42 Å². The van der Waals surface area contributed by atoms with Crippen LogP contribution in [0.5, 0.6) is 5.75 Å². The third-order valence-electron chi connectivity index (χ3n) is 2.43. The number of aromatic hydroxyl groups is 1. The molecule has 0 radical (unpaired) electrons. The predicted octanol–water partition coefficient (Wildman–Crippen LogP) is 3.32. The van der Waals surface area contributed by atoms with Crippen molar-refractivity contribution in [2.75, 3.05) is 0 Å². The minimum atomic E-state index is -1.10. The van der Waals surface area contributed by atoms with Gasteiger partial charge in [0.15, 0.2) is 0 Å². The Morgan fingerprint density at radius 3 is 2.81 bits per heavy atom. The number of aryl methyl sites for hydroxylation is 1. The Morgan fingerprint density at radius 2 is 2.24 bits per heavy atom.